The Bertz CT molecular complexity index is 1050. The first kappa shape index (κ1) is 18.3. The number of H-pyrrole nitrogens is 1. The van der Waals surface area contributed by atoms with Crippen LogP contribution in [0.4, 0.5) is 5.69 Å². The third kappa shape index (κ3) is 3.40. The monoisotopic (exact) mass is 389 g/mol. The third-order valence-corrected chi connectivity index (χ3v) is 6.12. The van der Waals surface area contributed by atoms with Gasteiger partial charge >= 0.3 is 0 Å². The first-order valence-electron chi connectivity index (χ1n) is 7.69. The fourth-order valence-corrected chi connectivity index (χ4v) is 4.80. The van der Waals surface area contributed by atoms with Crippen LogP contribution in [0.3, 0.4) is 0 Å². The number of aromatic nitrogens is 2. The molecule has 0 unspecified atom stereocenters. The van der Waals surface area contributed by atoms with Gasteiger partial charge in [0.1, 0.15) is 0 Å². The Balaban J connectivity index is 1.78. The summed E-state index contributed by atoms with van der Waals surface area (Å²) in [6.45, 7) is 5.01. The van der Waals surface area contributed by atoms with E-state index in [-0.39, 0.29) is 23.0 Å². The Morgan fingerprint density at radius 2 is 2.08 bits per heavy atom. The van der Waals surface area contributed by atoms with Crippen molar-refractivity contribution in [2.75, 3.05) is 5.75 Å². The molecule has 26 heavy (non-hydrogen) atoms. The molecule has 0 aliphatic carbocycles. The highest BCUT2D eigenvalue weighted by Gasteiger charge is 2.20. The molecule has 134 valence electrons. The number of ketones is 2. The minimum absolute atomic E-state index is 0.0167. The molecule has 0 spiro atoms. The van der Waals surface area contributed by atoms with Gasteiger partial charge in [-0.2, -0.15) is 0 Å². The summed E-state index contributed by atoms with van der Waals surface area (Å²) in [6.07, 6.45) is 0. The van der Waals surface area contributed by atoms with Gasteiger partial charge < -0.3 is 4.98 Å². The summed E-state index contributed by atoms with van der Waals surface area (Å²) in [6, 6.07) is 4.50. The quantitative estimate of drug-likeness (QED) is 0.291. The van der Waals surface area contributed by atoms with Crippen LogP contribution in [0.1, 0.15) is 39.0 Å². The van der Waals surface area contributed by atoms with Gasteiger partial charge in [-0.25, -0.2) is 4.98 Å². The molecule has 0 bridgehead atoms. The van der Waals surface area contributed by atoms with Crippen molar-refractivity contribution < 1.29 is 14.5 Å². The number of nitro benzene ring substituents is 1. The van der Waals surface area contributed by atoms with E-state index in [1.54, 1.807) is 19.9 Å². The average Bonchev–Trinajstić information content (AvgIpc) is 3.11. The number of carbonyl (C=O) groups is 2. The number of thioether (sulfide) groups is 1. The lowest BCUT2D eigenvalue weighted by Gasteiger charge is -1.99. The lowest BCUT2D eigenvalue weighted by atomic mass is 10.1. The third-order valence-electron chi connectivity index (χ3n) is 3.96. The lowest BCUT2D eigenvalue weighted by Crippen LogP contribution is -2.05. The average molecular weight is 389 g/mol. The molecule has 0 fully saturated rings. The highest BCUT2D eigenvalue weighted by atomic mass is 32.2. The van der Waals surface area contributed by atoms with Crippen molar-refractivity contribution in [2.24, 2.45) is 0 Å². The number of nitrogens with one attached hydrogen (secondary N) is 1. The summed E-state index contributed by atoms with van der Waals surface area (Å²) in [5.41, 5.74) is 3.04. The van der Waals surface area contributed by atoms with Crippen molar-refractivity contribution >= 4 is 50.6 Å². The van der Waals surface area contributed by atoms with Gasteiger partial charge in [-0.15, -0.1) is 11.3 Å². The van der Waals surface area contributed by atoms with Gasteiger partial charge in [-0.1, -0.05) is 11.8 Å². The molecule has 3 rings (SSSR count). The van der Waals surface area contributed by atoms with E-state index in [0.717, 1.165) is 0 Å². The molecule has 0 radical (unpaired) electrons. The highest BCUT2D eigenvalue weighted by molar-refractivity contribution is 8.01. The Labute approximate surface area is 157 Å². The number of benzene rings is 1. The van der Waals surface area contributed by atoms with Gasteiger partial charge in [0.2, 0.25) is 0 Å². The Kier molecular flexibility index (Phi) is 4.92. The predicted octanol–water partition coefficient (Wildman–Crippen LogP) is 4.33. The van der Waals surface area contributed by atoms with Crippen LogP contribution in [0.5, 0.6) is 0 Å². The maximum atomic E-state index is 12.5. The zero-order valence-corrected chi connectivity index (χ0v) is 15.9. The van der Waals surface area contributed by atoms with E-state index in [4.69, 9.17) is 0 Å². The van der Waals surface area contributed by atoms with Crippen LogP contribution in [0, 0.1) is 24.0 Å². The molecule has 0 atom stereocenters. The smallest absolute Gasteiger partial charge is 0.270 e. The second-order valence-corrected chi connectivity index (χ2v) is 8.04. The van der Waals surface area contributed by atoms with Crippen molar-refractivity contribution in [2.45, 2.75) is 25.1 Å². The van der Waals surface area contributed by atoms with Gasteiger partial charge in [0, 0.05) is 23.4 Å². The number of aromatic amines is 1. The van der Waals surface area contributed by atoms with Crippen LogP contribution in [0.25, 0.3) is 10.2 Å². The van der Waals surface area contributed by atoms with E-state index in [0.29, 0.717) is 37.1 Å². The van der Waals surface area contributed by atoms with Crippen LogP contribution in [-0.2, 0) is 0 Å². The van der Waals surface area contributed by atoms with E-state index in [2.05, 4.69) is 9.97 Å². The summed E-state index contributed by atoms with van der Waals surface area (Å²) in [5, 5.41) is 10.8. The van der Waals surface area contributed by atoms with Gasteiger partial charge in [0.15, 0.2) is 15.9 Å². The SMILES string of the molecule is CC(=O)c1c(C)[nH]c(C(=O)CSc2nc3ccc([N+](=O)[O-])cc3s2)c1C. The fraction of sp³-hybridized carbons (Fsp3) is 0.235. The zero-order chi connectivity index (χ0) is 19.0. The normalized spacial score (nSPS) is 11.0. The molecule has 2 aromatic heterocycles. The molecular formula is C17H15N3O4S2. The Morgan fingerprint density at radius 1 is 1.35 bits per heavy atom. The summed E-state index contributed by atoms with van der Waals surface area (Å²) in [4.78, 5) is 42.0. The molecule has 9 heteroatoms. The number of nitro groups is 1. The maximum Gasteiger partial charge on any atom is 0.270 e. The number of fused-ring (bicyclic) bond motifs is 1. The molecule has 0 amide bonds. The number of hydrogen-bond acceptors (Lipinski definition) is 7. The molecule has 0 saturated heterocycles. The number of rotatable bonds is 6. The number of non-ortho nitro benzene ring substituents is 1. The van der Waals surface area contributed by atoms with Gasteiger partial charge in [0.05, 0.1) is 26.6 Å². The summed E-state index contributed by atoms with van der Waals surface area (Å²) in [5.74, 6) is -0.0240. The van der Waals surface area contributed by atoms with Crippen LogP contribution in [0.2, 0.25) is 0 Å². The largest absolute Gasteiger partial charge is 0.355 e. The molecule has 0 aliphatic heterocycles. The number of hydrogen-bond donors (Lipinski definition) is 1. The van der Waals surface area contributed by atoms with Crippen molar-refractivity contribution in [1.29, 1.82) is 0 Å². The van der Waals surface area contributed by atoms with Crippen LogP contribution in [0.15, 0.2) is 22.5 Å². The molecular weight excluding hydrogens is 374 g/mol. The second-order valence-electron chi connectivity index (χ2n) is 5.78. The van der Waals surface area contributed by atoms with E-state index in [9.17, 15) is 19.7 Å². The minimum atomic E-state index is -0.446. The van der Waals surface area contributed by atoms with Crippen molar-refractivity contribution in [3.05, 3.63) is 50.8 Å². The van der Waals surface area contributed by atoms with Crippen molar-refractivity contribution in [3.8, 4) is 0 Å². The van der Waals surface area contributed by atoms with Gasteiger partial charge in [0.25, 0.3) is 5.69 Å². The van der Waals surface area contributed by atoms with Crippen molar-refractivity contribution in [3.63, 3.8) is 0 Å². The van der Waals surface area contributed by atoms with Crippen LogP contribution in [-0.4, -0.2) is 32.2 Å². The summed E-state index contributed by atoms with van der Waals surface area (Å²) in [7, 11) is 0. The Morgan fingerprint density at radius 3 is 2.69 bits per heavy atom. The summed E-state index contributed by atoms with van der Waals surface area (Å²) < 4.78 is 1.38. The van der Waals surface area contributed by atoms with Crippen LogP contribution < -0.4 is 0 Å². The molecule has 3 aromatic rings. The highest BCUT2D eigenvalue weighted by Crippen LogP contribution is 2.32. The van der Waals surface area contributed by atoms with E-state index >= 15 is 0 Å². The number of carbonyl (C=O) groups excluding carboxylic acids is 2. The number of Topliss-reactive ketones (excluding diaryl/α,β-unsaturated/α-hetero) is 2. The second kappa shape index (κ2) is 7.00. The van der Waals surface area contributed by atoms with E-state index in [1.165, 1.54) is 42.2 Å². The van der Waals surface area contributed by atoms with Gasteiger partial charge in [-0.05, 0) is 32.4 Å². The first-order chi connectivity index (χ1) is 12.3. The van der Waals surface area contributed by atoms with Crippen LogP contribution >= 0.6 is 23.1 Å². The van der Waals surface area contributed by atoms with Crippen molar-refractivity contribution in [1.82, 2.24) is 9.97 Å². The Hall–Kier alpha value is -2.52. The molecule has 0 saturated carbocycles. The molecule has 7 nitrogen and oxygen atoms in total. The zero-order valence-electron chi connectivity index (χ0n) is 14.3. The summed E-state index contributed by atoms with van der Waals surface area (Å²) >= 11 is 2.59. The molecule has 1 aromatic carbocycles. The van der Waals surface area contributed by atoms with E-state index < -0.39 is 4.92 Å². The molecule has 2 heterocycles. The standard InChI is InChI=1S/C17H15N3O4S2/c1-8-15(10(3)21)9(2)18-16(8)13(22)7-25-17-19-12-5-4-11(20(23)24)6-14(12)26-17/h4-6,18H,7H2,1-3H3. The fourth-order valence-electron chi connectivity index (χ4n) is 2.82. The van der Waals surface area contributed by atoms with E-state index in [1.807, 2.05) is 0 Å². The predicted molar refractivity (Wildman–Crippen MR) is 102 cm³/mol. The topological polar surface area (TPSA) is 106 Å². The minimum Gasteiger partial charge on any atom is -0.355 e. The lowest BCUT2D eigenvalue weighted by molar-refractivity contribution is -0.384. The number of nitrogens with zero attached hydrogens (tertiary/aromatic N) is 2. The maximum absolute atomic E-state index is 12.5. The van der Waals surface area contributed by atoms with Gasteiger partial charge in [-0.3, -0.25) is 19.7 Å². The number of thiazole rings is 1. The first-order valence-corrected chi connectivity index (χ1v) is 9.49. The number of aryl methyl sites for hydroxylation is 1. The molecule has 0 aliphatic rings. The molecule has 1 N–H and O–H groups in total.